The Kier molecular flexibility index (Phi) is 5.57. The molecule has 122 valence electrons. The molecule has 0 aromatic rings. The molecule has 1 fully saturated rings. The molecule has 0 bridgehead atoms. The van der Waals surface area contributed by atoms with Crippen molar-refractivity contribution in [3.05, 3.63) is 0 Å². The van der Waals surface area contributed by atoms with Crippen LogP contribution >= 0.6 is 0 Å². The summed E-state index contributed by atoms with van der Waals surface area (Å²) in [6, 6.07) is -0.416. The minimum atomic E-state index is -3.35. The second-order valence-corrected chi connectivity index (χ2v) is 7.74. The topological polar surface area (TPSA) is 107 Å². The molecule has 0 spiro atoms. The van der Waals surface area contributed by atoms with Crippen molar-refractivity contribution >= 4 is 22.0 Å². The van der Waals surface area contributed by atoms with Crippen LogP contribution in [0.1, 0.15) is 19.8 Å². The van der Waals surface area contributed by atoms with Crippen molar-refractivity contribution in [3.63, 3.8) is 0 Å². The van der Waals surface area contributed by atoms with E-state index in [1.807, 2.05) is 0 Å². The molecular formula is C12H23N3O5S. The van der Waals surface area contributed by atoms with Gasteiger partial charge in [-0.1, -0.05) is 6.92 Å². The molecule has 1 atom stereocenters. The first-order valence-corrected chi connectivity index (χ1v) is 8.42. The number of carbonyl (C=O) groups is 2. The van der Waals surface area contributed by atoms with E-state index in [2.05, 4.69) is 5.32 Å². The Morgan fingerprint density at radius 2 is 2.00 bits per heavy atom. The van der Waals surface area contributed by atoms with Crippen molar-refractivity contribution in [3.8, 4) is 0 Å². The molecule has 21 heavy (non-hydrogen) atoms. The van der Waals surface area contributed by atoms with Gasteiger partial charge in [-0.2, -0.15) is 0 Å². The van der Waals surface area contributed by atoms with E-state index < -0.39 is 27.4 Å². The number of rotatable bonds is 6. The third-order valence-electron chi connectivity index (χ3n) is 3.96. The van der Waals surface area contributed by atoms with Crippen LogP contribution in [-0.2, 0) is 14.8 Å². The van der Waals surface area contributed by atoms with E-state index in [4.69, 9.17) is 0 Å². The number of hydrogen-bond donors (Lipinski definition) is 2. The van der Waals surface area contributed by atoms with Gasteiger partial charge in [0.05, 0.1) is 11.2 Å². The summed E-state index contributed by atoms with van der Waals surface area (Å²) in [5.41, 5.74) is -0.882. The zero-order valence-electron chi connectivity index (χ0n) is 12.6. The highest BCUT2D eigenvalue weighted by Crippen LogP contribution is 2.34. The van der Waals surface area contributed by atoms with E-state index in [9.17, 15) is 23.1 Å². The third kappa shape index (κ3) is 4.07. The maximum absolute atomic E-state index is 11.9. The molecule has 0 aromatic heterocycles. The fourth-order valence-electron chi connectivity index (χ4n) is 2.24. The maximum Gasteiger partial charge on any atom is 0.317 e. The average Bonchev–Trinajstić information content (AvgIpc) is 2.84. The monoisotopic (exact) mass is 321 g/mol. The summed E-state index contributed by atoms with van der Waals surface area (Å²) in [6.45, 7) is 2.32. The summed E-state index contributed by atoms with van der Waals surface area (Å²) in [4.78, 5) is 24.7. The van der Waals surface area contributed by atoms with Crippen LogP contribution in [0.5, 0.6) is 0 Å². The van der Waals surface area contributed by atoms with Gasteiger partial charge in [-0.05, 0) is 12.8 Å². The molecule has 2 amide bonds. The summed E-state index contributed by atoms with van der Waals surface area (Å²) in [5.74, 6) is -1.08. The van der Waals surface area contributed by atoms with Gasteiger partial charge in [-0.25, -0.2) is 17.5 Å². The number of sulfonamides is 1. The Hall–Kier alpha value is -1.35. The van der Waals surface area contributed by atoms with Gasteiger partial charge >= 0.3 is 12.0 Å². The van der Waals surface area contributed by atoms with E-state index >= 15 is 0 Å². The molecular weight excluding hydrogens is 298 g/mol. The molecule has 1 aliphatic heterocycles. The molecule has 0 radical (unpaired) electrons. The standard InChI is InChI=1S/C12H23N3O5S/c1-4-12(10(16)17)5-7-15(9-12)11(18)13-6-8-21(19,20)14(2)3/h4-9H2,1-3H3,(H,13,18)(H,16,17). The van der Waals surface area contributed by atoms with Crippen molar-refractivity contribution in [2.45, 2.75) is 19.8 Å². The van der Waals surface area contributed by atoms with Crippen LogP contribution in [0, 0.1) is 5.41 Å². The van der Waals surface area contributed by atoms with Crippen LogP contribution in [-0.4, -0.2) is 74.2 Å². The van der Waals surface area contributed by atoms with Gasteiger partial charge in [-0.15, -0.1) is 0 Å². The third-order valence-corrected chi connectivity index (χ3v) is 5.80. The first-order chi connectivity index (χ1) is 9.64. The van der Waals surface area contributed by atoms with Crippen LogP contribution in [0.3, 0.4) is 0 Å². The molecule has 0 saturated carbocycles. The molecule has 1 saturated heterocycles. The Labute approximate surface area is 125 Å². The van der Waals surface area contributed by atoms with Crippen LogP contribution < -0.4 is 5.32 Å². The molecule has 0 aromatic carbocycles. The summed E-state index contributed by atoms with van der Waals surface area (Å²) in [5, 5.41) is 11.8. The number of nitrogens with one attached hydrogen (secondary N) is 1. The summed E-state index contributed by atoms with van der Waals surface area (Å²) in [6.07, 6.45) is 0.878. The van der Waals surface area contributed by atoms with Crippen LogP contribution in [0.2, 0.25) is 0 Å². The van der Waals surface area contributed by atoms with Gasteiger partial charge in [0.15, 0.2) is 0 Å². The molecule has 9 heteroatoms. The Balaban J connectivity index is 2.50. The lowest BCUT2D eigenvalue weighted by Gasteiger charge is -2.23. The summed E-state index contributed by atoms with van der Waals surface area (Å²) in [7, 11) is -0.491. The van der Waals surface area contributed by atoms with Gasteiger partial charge < -0.3 is 15.3 Å². The molecule has 8 nitrogen and oxygen atoms in total. The van der Waals surface area contributed by atoms with E-state index in [1.54, 1.807) is 6.92 Å². The highest BCUT2D eigenvalue weighted by atomic mass is 32.2. The largest absolute Gasteiger partial charge is 0.481 e. The number of carbonyl (C=O) groups excluding carboxylic acids is 1. The Morgan fingerprint density at radius 1 is 1.38 bits per heavy atom. The number of hydrogen-bond acceptors (Lipinski definition) is 4. The predicted molar refractivity (Wildman–Crippen MR) is 77.4 cm³/mol. The number of amides is 2. The van der Waals surface area contributed by atoms with E-state index in [0.717, 1.165) is 4.31 Å². The second-order valence-electron chi connectivity index (χ2n) is 5.44. The van der Waals surface area contributed by atoms with Gasteiger partial charge in [0, 0.05) is 33.7 Å². The van der Waals surface area contributed by atoms with E-state index in [1.165, 1.54) is 19.0 Å². The first kappa shape index (κ1) is 17.7. The van der Waals surface area contributed by atoms with Gasteiger partial charge in [-0.3, -0.25) is 4.79 Å². The number of carboxylic acids is 1. The normalized spacial score (nSPS) is 22.6. The predicted octanol–water partition coefficient (Wildman–Crippen LogP) is -0.226. The van der Waals surface area contributed by atoms with Gasteiger partial charge in [0.25, 0.3) is 0 Å². The zero-order chi connectivity index (χ0) is 16.3. The van der Waals surface area contributed by atoms with Crippen LogP contribution in [0.4, 0.5) is 4.79 Å². The summed E-state index contributed by atoms with van der Waals surface area (Å²) < 4.78 is 24.2. The minimum Gasteiger partial charge on any atom is -0.481 e. The fourth-order valence-corrected chi connectivity index (χ4v) is 2.97. The fraction of sp³-hybridized carbons (Fsp3) is 0.833. The quantitative estimate of drug-likeness (QED) is 0.703. The lowest BCUT2D eigenvalue weighted by molar-refractivity contribution is -0.148. The average molecular weight is 321 g/mol. The van der Waals surface area contributed by atoms with Gasteiger partial charge in [0.2, 0.25) is 10.0 Å². The molecule has 1 heterocycles. The van der Waals surface area contributed by atoms with Crippen molar-refractivity contribution < 1.29 is 23.1 Å². The highest BCUT2D eigenvalue weighted by Gasteiger charge is 2.44. The SMILES string of the molecule is CCC1(C(=O)O)CCN(C(=O)NCCS(=O)(=O)N(C)C)C1. The molecule has 1 aliphatic rings. The van der Waals surface area contributed by atoms with E-state index in [-0.39, 0.29) is 18.8 Å². The number of nitrogens with zero attached hydrogens (tertiary/aromatic N) is 2. The minimum absolute atomic E-state index is 0.00203. The maximum atomic E-state index is 11.9. The number of carboxylic acid groups (broad SMARTS) is 1. The molecule has 2 N–H and O–H groups in total. The number of aliphatic carboxylic acids is 1. The molecule has 1 rings (SSSR count). The van der Waals surface area contributed by atoms with E-state index in [0.29, 0.717) is 19.4 Å². The summed E-state index contributed by atoms with van der Waals surface area (Å²) >= 11 is 0. The molecule has 0 aliphatic carbocycles. The Bertz CT molecular complexity index is 505. The van der Waals surface area contributed by atoms with Crippen LogP contribution in [0.15, 0.2) is 0 Å². The lowest BCUT2D eigenvalue weighted by Crippen LogP contribution is -2.43. The second kappa shape index (κ2) is 6.61. The Morgan fingerprint density at radius 3 is 2.43 bits per heavy atom. The van der Waals surface area contributed by atoms with Crippen molar-refractivity contribution in [1.29, 1.82) is 0 Å². The van der Waals surface area contributed by atoms with Crippen molar-refractivity contribution in [1.82, 2.24) is 14.5 Å². The lowest BCUT2D eigenvalue weighted by atomic mass is 9.84. The zero-order valence-corrected chi connectivity index (χ0v) is 13.4. The number of likely N-dealkylation sites (tertiary alicyclic amines) is 1. The molecule has 1 unspecified atom stereocenters. The highest BCUT2D eigenvalue weighted by molar-refractivity contribution is 7.89. The van der Waals surface area contributed by atoms with Crippen molar-refractivity contribution in [2.75, 3.05) is 39.5 Å². The van der Waals surface area contributed by atoms with Crippen molar-refractivity contribution in [2.24, 2.45) is 5.41 Å². The van der Waals surface area contributed by atoms with Gasteiger partial charge in [0.1, 0.15) is 0 Å². The smallest absolute Gasteiger partial charge is 0.317 e. The first-order valence-electron chi connectivity index (χ1n) is 6.81. The number of urea groups is 1. The van der Waals surface area contributed by atoms with Crippen LogP contribution in [0.25, 0.3) is 0 Å².